The second-order valence-corrected chi connectivity index (χ2v) is 4.50. The number of ether oxygens (including phenoxy) is 1. The maximum atomic E-state index is 10.0. The number of hydrogen-bond acceptors (Lipinski definition) is 3. The Bertz CT molecular complexity index is 773. The lowest BCUT2D eigenvalue weighted by atomic mass is 10.0. The van der Waals surface area contributed by atoms with E-state index in [1.807, 2.05) is 36.4 Å². The molecular weight excluding hydrogens is 252 g/mol. The molecule has 2 aromatic carbocycles. The number of hydrogen-bond donors (Lipinski definition) is 3. The van der Waals surface area contributed by atoms with Crippen molar-refractivity contribution >= 4 is 16.6 Å². The highest BCUT2D eigenvalue weighted by molar-refractivity contribution is 6.19. The van der Waals surface area contributed by atoms with Crippen molar-refractivity contribution in [3.8, 4) is 11.6 Å². The van der Waals surface area contributed by atoms with Crippen molar-refractivity contribution in [3.63, 3.8) is 0 Å². The molecule has 4 heteroatoms. The number of aromatic nitrogens is 1. The lowest BCUT2D eigenvalue weighted by Crippen LogP contribution is -2.00. The highest BCUT2D eigenvalue weighted by Gasteiger charge is 2.16. The summed E-state index contributed by atoms with van der Waals surface area (Å²) in [7, 11) is 1.60. The van der Waals surface area contributed by atoms with Gasteiger partial charge in [0, 0.05) is 16.5 Å². The average Bonchev–Trinajstić information content (AvgIpc) is 2.82. The first-order chi connectivity index (χ1) is 9.70. The Hall–Kier alpha value is -2.75. The van der Waals surface area contributed by atoms with E-state index in [1.165, 1.54) is 0 Å². The monoisotopic (exact) mass is 266 g/mol. The van der Waals surface area contributed by atoms with E-state index in [9.17, 15) is 5.11 Å². The van der Waals surface area contributed by atoms with E-state index in [2.05, 4.69) is 4.98 Å². The summed E-state index contributed by atoms with van der Waals surface area (Å²) in [5.41, 5.74) is 2.34. The largest absolute Gasteiger partial charge is 0.497 e. The van der Waals surface area contributed by atoms with Gasteiger partial charge in [-0.3, -0.25) is 5.41 Å². The van der Waals surface area contributed by atoms with Crippen LogP contribution in [0.15, 0.2) is 48.5 Å². The van der Waals surface area contributed by atoms with Crippen LogP contribution >= 0.6 is 0 Å². The Balaban J connectivity index is 2.09. The van der Waals surface area contributed by atoms with Crippen LogP contribution in [0.3, 0.4) is 0 Å². The molecule has 0 aliphatic heterocycles. The van der Waals surface area contributed by atoms with E-state index in [4.69, 9.17) is 10.1 Å². The molecule has 0 atom stereocenters. The van der Waals surface area contributed by atoms with Crippen LogP contribution in [0.5, 0.6) is 11.6 Å². The molecule has 0 aliphatic rings. The Kier molecular flexibility index (Phi) is 2.91. The minimum Gasteiger partial charge on any atom is -0.497 e. The summed E-state index contributed by atoms with van der Waals surface area (Å²) in [5, 5.41) is 19.2. The maximum absolute atomic E-state index is 10.0. The van der Waals surface area contributed by atoms with E-state index in [0.717, 1.165) is 22.2 Å². The van der Waals surface area contributed by atoms with Crippen LogP contribution in [-0.4, -0.2) is 22.9 Å². The Labute approximate surface area is 116 Å². The first-order valence-corrected chi connectivity index (χ1v) is 6.23. The number of fused-ring (bicyclic) bond motifs is 1. The van der Waals surface area contributed by atoms with Crippen molar-refractivity contribution in [3.05, 3.63) is 59.7 Å². The fourth-order valence-corrected chi connectivity index (χ4v) is 2.28. The van der Waals surface area contributed by atoms with Gasteiger partial charge in [0.05, 0.1) is 18.4 Å². The number of aromatic amines is 1. The summed E-state index contributed by atoms with van der Waals surface area (Å²) in [6.07, 6.45) is 0. The number of benzene rings is 2. The van der Waals surface area contributed by atoms with Crippen LogP contribution in [0, 0.1) is 5.41 Å². The molecule has 0 bridgehead atoms. The fraction of sp³-hybridized carbons (Fsp3) is 0.0625. The van der Waals surface area contributed by atoms with Crippen molar-refractivity contribution in [1.29, 1.82) is 5.41 Å². The second kappa shape index (κ2) is 4.74. The fourth-order valence-electron chi connectivity index (χ4n) is 2.28. The summed E-state index contributed by atoms with van der Waals surface area (Å²) in [6, 6.07) is 14.8. The SMILES string of the molecule is COc1ccc(C(=N)c2c(O)[nH]c3ccccc23)cc1. The predicted octanol–water partition coefficient (Wildman–Crippen LogP) is 3.30. The molecule has 4 nitrogen and oxygen atoms in total. The molecule has 20 heavy (non-hydrogen) atoms. The molecular formula is C16H14N2O2. The summed E-state index contributed by atoms with van der Waals surface area (Å²) in [4.78, 5) is 2.89. The zero-order chi connectivity index (χ0) is 14.1. The molecule has 0 aliphatic carbocycles. The van der Waals surface area contributed by atoms with Gasteiger partial charge >= 0.3 is 0 Å². The van der Waals surface area contributed by atoms with Crippen molar-refractivity contribution in [2.75, 3.05) is 7.11 Å². The lowest BCUT2D eigenvalue weighted by molar-refractivity contribution is 0.415. The molecule has 0 spiro atoms. The van der Waals surface area contributed by atoms with E-state index < -0.39 is 0 Å². The molecule has 1 aromatic heterocycles. The van der Waals surface area contributed by atoms with Crippen LogP contribution in [0.25, 0.3) is 10.9 Å². The van der Waals surface area contributed by atoms with Crippen LogP contribution < -0.4 is 4.74 Å². The minimum atomic E-state index is 0.0204. The molecule has 0 fully saturated rings. The van der Waals surface area contributed by atoms with Crippen LogP contribution in [0.2, 0.25) is 0 Å². The second-order valence-electron chi connectivity index (χ2n) is 4.50. The van der Waals surface area contributed by atoms with Gasteiger partial charge in [-0.15, -0.1) is 0 Å². The summed E-state index contributed by atoms with van der Waals surface area (Å²) in [5.74, 6) is 0.761. The third kappa shape index (κ3) is 1.91. The van der Waals surface area contributed by atoms with Gasteiger partial charge in [0.1, 0.15) is 5.75 Å². The molecule has 0 saturated carbocycles. The molecule has 1 heterocycles. The van der Waals surface area contributed by atoms with Gasteiger partial charge in [-0.05, 0) is 30.3 Å². The van der Waals surface area contributed by atoms with Gasteiger partial charge in [0.2, 0.25) is 0 Å². The third-order valence-corrected chi connectivity index (χ3v) is 3.31. The van der Waals surface area contributed by atoms with Crippen molar-refractivity contribution in [2.45, 2.75) is 0 Å². The smallest absolute Gasteiger partial charge is 0.199 e. The number of para-hydroxylation sites is 1. The normalized spacial score (nSPS) is 10.7. The Morgan fingerprint density at radius 3 is 2.50 bits per heavy atom. The quantitative estimate of drug-likeness (QED) is 0.637. The predicted molar refractivity (Wildman–Crippen MR) is 78.9 cm³/mol. The minimum absolute atomic E-state index is 0.0204. The highest BCUT2D eigenvalue weighted by Crippen LogP contribution is 2.29. The van der Waals surface area contributed by atoms with E-state index >= 15 is 0 Å². The molecule has 3 N–H and O–H groups in total. The maximum Gasteiger partial charge on any atom is 0.199 e. The van der Waals surface area contributed by atoms with E-state index in [1.54, 1.807) is 19.2 Å². The number of rotatable bonds is 3. The van der Waals surface area contributed by atoms with Crippen LogP contribution in [-0.2, 0) is 0 Å². The summed E-state index contributed by atoms with van der Waals surface area (Å²) in [6.45, 7) is 0. The highest BCUT2D eigenvalue weighted by atomic mass is 16.5. The lowest BCUT2D eigenvalue weighted by Gasteiger charge is -2.05. The van der Waals surface area contributed by atoms with Gasteiger partial charge in [0.15, 0.2) is 5.88 Å². The number of nitrogens with one attached hydrogen (secondary N) is 2. The van der Waals surface area contributed by atoms with Gasteiger partial charge in [-0.1, -0.05) is 18.2 Å². The topological polar surface area (TPSA) is 69.1 Å². The first-order valence-electron chi connectivity index (χ1n) is 6.23. The Morgan fingerprint density at radius 1 is 1.10 bits per heavy atom. The molecule has 0 radical (unpaired) electrons. The standard InChI is InChI=1S/C16H14N2O2/c1-20-11-8-6-10(7-9-11)15(17)14-12-4-2-3-5-13(12)18-16(14)19/h2-9,17-19H,1H3. The summed E-state index contributed by atoms with van der Waals surface area (Å²) >= 11 is 0. The molecule has 3 aromatic rings. The van der Waals surface area contributed by atoms with Gasteiger partial charge in [-0.2, -0.15) is 0 Å². The van der Waals surface area contributed by atoms with Crippen molar-refractivity contribution in [2.24, 2.45) is 0 Å². The Morgan fingerprint density at radius 2 is 1.80 bits per heavy atom. The number of H-pyrrole nitrogens is 1. The van der Waals surface area contributed by atoms with Crippen LogP contribution in [0.4, 0.5) is 0 Å². The van der Waals surface area contributed by atoms with Crippen LogP contribution in [0.1, 0.15) is 11.1 Å². The van der Waals surface area contributed by atoms with Crippen molar-refractivity contribution in [1.82, 2.24) is 4.98 Å². The average molecular weight is 266 g/mol. The molecule has 0 saturated heterocycles. The molecule has 0 amide bonds. The van der Waals surface area contributed by atoms with Crippen molar-refractivity contribution < 1.29 is 9.84 Å². The van der Waals surface area contributed by atoms with E-state index in [-0.39, 0.29) is 11.6 Å². The summed E-state index contributed by atoms with van der Waals surface area (Å²) < 4.78 is 5.11. The molecule has 0 unspecified atom stereocenters. The zero-order valence-electron chi connectivity index (χ0n) is 11.0. The van der Waals surface area contributed by atoms with Gasteiger partial charge in [-0.25, -0.2) is 0 Å². The molecule has 100 valence electrons. The zero-order valence-corrected chi connectivity index (χ0v) is 11.0. The van der Waals surface area contributed by atoms with E-state index in [0.29, 0.717) is 5.56 Å². The molecule has 3 rings (SSSR count). The third-order valence-electron chi connectivity index (χ3n) is 3.31. The van der Waals surface area contributed by atoms with Gasteiger partial charge in [0.25, 0.3) is 0 Å². The number of aromatic hydroxyl groups is 1. The number of methoxy groups -OCH3 is 1. The first kappa shape index (κ1) is 12.3. The van der Waals surface area contributed by atoms with Gasteiger partial charge < -0.3 is 14.8 Å².